The number of hydrogen-bond donors (Lipinski definition) is 1. The fourth-order valence-corrected chi connectivity index (χ4v) is 5.08. The van der Waals surface area contributed by atoms with Gasteiger partial charge in [0, 0.05) is 12.2 Å². The van der Waals surface area contributed by atoms with E-state index in [0.29, 0.717) is 12.5 Å². The Labute approximate surface area is 178 Å². The molecule has 1 aliphatic heterocycles. The van der Waals surface area contributed by atoms with E-state index in [1.807, 2.05) is 6.07 Å². The third kappa shape index (κ3) is 5.45. The highest BCUT2D eigenvalue weighted by Gasteiger charge is 2.41. The van der Waals surface area contributed by atoms with E-state index in [1.54, 1.807) is 0 Å². The van der Waals surface area contributed by atoms with Crippen LogP contribution in [-0.2, 0) is 11.2 Å². The summed E-state index contributed by atoms with van der Waals surface area (Å²) < 4.78 is 13.3. The molecule has 1 aromatic heterocycles. The molecule has 2 aliphatic rings. The fraction of sp³-hybridized carbons (Fsp3) is 0.520. The lowest BCUT2D eigenvalue weighted by Crippen LogP contribution is -2.42. The highest BCUT2D eigenvalue weighted by atomic mass is 19.1. The van der Waals surface area contributed by atoms with Crippen molar-refractivity contribution in [1.82, 2.24) is 9.88 Å². The van der Waals surface area contributed by atoms with Gasteiger partial charge in [0.25, 0.3) is 0 Å². The van der Waals surface area contributed by atoms with Gasteiger partial charge in [-0.3, -0.25) is 9.78 Å². The Morgan fingerprint density at radius 3 is 2.60 bits per heavy atom. The molecule has 0 radical (unpaired) electrons. The molecule has 2 aromatic rings. The molecule has 1 saturated carbocycles. The number of rotatable bonds is 9. The lowest BCUT2D eigenvalue weighted by atomic mass is 9.71. The maximum absolute atomic E-state index is 13.3. The normalized spacial score (nSPS) is 23.2. The van der Waals surface area contributed by atoms with Gasteiger partial charge in [0.05, 0.1) is 12.6 Å². The Morgan fingerprint density at radius 2 is 1.93 bits per heavy atom. The first-order valence-corrected chi connectivity index (χ1v) is 11.1. The van der Waals surface area contributed by atoms with E-state index in [2.05, 4.69) is 40.2 Å². The Morgan fingerprint density at radius 1 is 1.17 bits per heavy atom. The molecule has 1 aromatic carbocycles. The summed E-state index contributed by atoms with van der Waals surface area (Å²) in [6.45, 7) is 2.49. The smallest absolute Gasteiger partial charge is 0.304 e. The average Bonchev–Trinajstić information content (AvgIpc) is 3.54. The van der Waals surface area contributed by atoms with Gasteiger partial charge in [0.15, 0.2) is 0 Å². The molecular weight excluding hydrogens is 379 g/mol. The van der Waals surface area contributed by atoms with Crippen LogP contribution in [0.5, 0.6) is 0 Å². The molecule has 30 heavy (non-hydrogen) atoms. The molecule has 1 N–H and O–H groups in total. The summed E-state index contributed by atoms with van der Waals surface area (Å²) in [6.07, 6.45) is 8.15. The quantitative estimate of drug-likeness (QED) is 0.639. The predicted octanol–water partition coefficient (Wildman–Crippen LogP) is 4.90. The average molecular weight is 411 g/mol. The number of halogens is 1. The van der Waals surface area contributed by atoms with Gasteiger partial charge < -0.3 is 10.0 Å². The van der Waals surface area contributed by atoms with Crippen molar-refractivity contribution in [3.05, 3.63) is 65.7 Å². The van der Waals surface area contributed by atoms with E-state index in [4.69, 9.17) is 5.11 Å². The van der Waals surface area contributed by atoms with Crippen LogP contribution in [0.25, 0.3) is 0 Å². The van der Waals surface area contributed by atoms with Gasteiger partial charge in [-0.05, 0) is 86.6 Å². The van der Waals surface area contributed by atoms with Gasteiger partial charge in [-0.1, -0.05) is 30.3 Å². The topological polar surface area (TPSA) is 53.4 Å². The zero-order valence-electron chi connectivity index (χ0n) is 17.5. The number of nitrogens with zero attached hydrogens (tertiary/aromatic N) is 2. The van der Waals surface area contributed by atoms with Crippen LogP contribution in [-0.4, -0.2) is 40.6 Å². The van der Waals surface area contributed by atoms with Crippen LogP contribution < -0.4 is 0 Å². The van der Waals surface area contributed by atoms with Crippen LogP contribution in [0.1, 0.15) is 55.7 Å². The lowest BCUT2D eigenvalue weighted by Gasteiger charge is -2.42. The van der Waals surface area contributed by atoms with E-state index in [0.717, 1.165) is 50.4 Å². The highest BCUT2D eigenvalue weighted by Crippen LogP contribution is 2.52. The number of likely N-dealkylation sites (tertiary alicyclic amines) is 1. The summed E-state index contributed by atoms with van der Waals surface area (Å²) in [5, 5.41) is 8.97. The molecule has 2 atom stereocenters. The predicted molar refractivity (Wildman–Crippen MR) is 115 cm³/mol. The van der Waals surface area contributed by atoms with Crippen molar-refractivity contribution >= 4 is 5.97 Å². The van der Waals surface area contributed by atoms with Crippen LogP contribution in [0, 0.1) is 17.2 Å². The van der Waals surface area contributed by atoms with Crippen molar-refractivity contribution in [2.45, 2.75) is 50.9 Å². The molecule has 1 aliphatic carbocycles. The number of piperidine rings is 1. The number of aromatic nitrogens is 1. The summed E-state index contributed by atoms with van der Waals surface area (Å²) in [7, 11) is 0. The largest absolute Gasteiger partial charge is 0.481 e. The molecule has 5 heteroatoms. The number of aliphatic carboxylic acids is 1. The van der Waals surface area contributed by atoms with Crippen LogP contribution in [0.3, 0.4) is 0 Å². The fourth-order valence-electron chi connectivity index (χ4n) is 5.08. The molecule has 1 unspecified atom stereocenters. The van der Waals surface area contributed by atoms with Crippen molar-refractivity contribution in [3.8, 4) is 0 Å². The van der Waals surface area contributed by atoms with E-state index in [9.17, 15) is 9.18 Å². The zero-order chi connectivity index (χ0) is 21.0. The molecule has 1 saturated heterocycles. The van der Waals surface area contributed by atoms with Crippen molar-refractivity contribution in [2.75, 3.05) is 19.6 Å². The van der Waals surface area contributed by atoms with Crippen LogP contribution in [0.15, 0.2) is 48.7 Å². The number of carboxylic acids is 1. The van der Waals surface area contributed by atoms with E-state index >= 15 is 0 Å². The summed E-state index contributed by atoms with van der Waals surface area (Å²) in [6, 6.07) is 14.1. The number of hydrogen-bond acceptors (Lipinski definition) is 3. The van der Waals surface area contributed by atoms with Crippen LogP contribution in [0.2, 0.25) is 0 Å². The highest BCUT2D eigenvalue weighted by molar-refractivity contribution is 5.66. The molecule has 0 bridgehead atoms. The lowest BCUT2D eigenvalue weighted by molar-refractivity contribution is -0.137. The zero-order valence-corrected chi connectivity index (χ0v) is 17.5. The van der Waals surface area contributed by atoms with Crippen LogP contribution >= 0.6 is 0 Å². The van der Waals surface area contributed by atoms with Crippen molar-refractivity contribution in [1.29, 1.82) is 0 Å². The van der Waals surface area contributed by atoms with E-state index < -0.39 is 5.97 Å². The molecule has 4 rings (SSSR count). The Kier molecular flexibility index (Phi) is 6.47. The second-order valence-corrected chi connectivity index (χ2v) is 9.18. The Balaban J connectivity index is 1.38. The second kappa shape index (κ2) is 9.25. The summed E-state index contributed by atoms with van der Waals surface area (Å²) in [4.78, 5) is 17.5. The second-order valence-electron chi connectivity index (χ2n) is 9.18. The molecular formula is C25H31FN2O2. The van der Waals surface area contributed by atoms with E-state index in [-0.39, 0.29) is 17.7 Å². The maximum atomic E-state index is 13.3. The first-order valence-electron chi connectivity index (χ1n) is 11.1. The number of benzene rings is 1. The summed E-state index contributed by atoms with van der Waals surface area (Å²) in [5.74, 6) is 0.432. The first kappa shape index (κ1) is 21.0. The third-order valence-corrected chi connectivity index (χ3v) is 7.10. The van der Waals surface area contributed by atoms with Gasteiger partial charge in [0.1, 0.15) is 5.82 Å². The molecule has 2 fully saturated rings. The number of carboxylic acid groups (broad SMARTS) is 1. The first-order chi connectivity index (χ1) is 14.5. The van der Waals surface area contributed by atoms with E-state index in [1.165, 1.54) is 30.7 Å². The maximum Gasteiger partial charge on any atom is 0.304 e. The summed E-state index contributed by atoms with van der Waals surface area (Å²) in [5.41, 5.74) is 2.60. The monoisotopic (exact) mass is 410 g/mol. The van der Waals surface area contributed by atoms with Crippen molar-refractivity contribution < 1.29 is 14.3 Å². The third-order valence-electron chi connectivity index (χ3n) is 7.10. The number of pyridine rings is 1. The minimum atomic E-state index is -0.733. The SMILES string of the molecule is O=C(O)CCN1CCC(CC[C@@H]2CC2c2ccccc2)(Cc2ccc(F)cn2)CC1. The van der Waals surface area contributed by atoms with Crippen LogP contribution in [0.4, 0.5) is 4.39 Å². The van der Waals surface area contributed by atoms with Gasteiger partial charge >= 0.3 is 5.97 Å². The van der Waals surface area contributed by atoms with Gasteiger partial charge in [-0.2, -0.15) is 0 Å². The van der Waals surface area contributed by atoms with Gasteiger partial charge in [-0.15, -0.1) is 0 Å². The molecule has 2 heterocycles. The Hall–Kier alpha value is -2.27. The molecule has 160 valence electrons. The summed E-state index contributed by atoms with van der Waals surface area (Å²) >= 11 is 0. The molecule has 0 amide bonds. The van der Waals surface area contributed by atoms with Gasteiger partial charge in [0.2, 0.25) is 0 Å². The van der Waals surface area contributed by atoms with Gasteiger partial charge in [-0.25, -0.2) is 4.39 Å². The van der Waals surface area contributed by atoms with Crippen molar-refractivity contribution in [3.63, 3.8) is 0 Å². The van der Waals surface area contributed by atoms with Crippen molar-refractivity contribution in [2.24, 2.45) is 11.3 Å². The molecule has 4 nitrogen and oxygen atoms in total. The Bertz CT molecular complexity index is 832. The standard InChI is InChI=1S/C25H31FN2O2/c26-21-6-7-22(27-18-21)17-25(11-14-28(15-12-25)13-9-24(29)30)10-8-20-16-23(20)19-4-2-1-3-5-19/h1-7,18,20,23H,8-17H2,(H,29,30)/t20-,23?/m1/s1. The number of carbonyl (C=O) groups is 1. The minimum absolute atomic E-state index is 0.175. The molecule has 0 spiro atoms. The minimum Gasteiger partial charge on any atom is -0.481 e.